The van der Waals surface area contributed by atoms with E-state index in [9.17, 15) is 9.59 Å². The lowest BCUT2D eigenvalue weighted by Crippen LogP contribution is -2.13. The van der Waals surface area contributed by atoms with Crippen LogP contribution < -0.4 is 10.1 Å². The van der Waals surface area contributed by atoms with Crippen molar-refractivity contribution in [2.24, 2.45) is 0 Å². The number of carbonyl (C=O) groups is 2. The van der Waals surface area contributed by atoms with Crippen molar-refractivity contribution >= 4 is 17.7 Å². The van der Waals surface area contributed by atoms with Crippen LogP contribution >= 0.6 is 0 Å². The molecule has 0 aliphatic heterocycles. The van der Waals surface area contributed by atoms with E-state index in [2.05, 4.69) is 15.3 Å². The number of anilines is 1. The van der Waals surface area contributed by atoms with Crippen molar-refractivity contribution in [2.45, 2.75) is 13.8 Å². The second-order valence-electron chi connectivity index (χ2n) is 5.82. The predicted molar refractivity (Wildman–Crippen MR) is 104 cm³/mol. The lowest BCUT2D eigenvalue weighted by Gasteiger charge is -2.12. The van der Waals surface area contributed by atoms with Crippen LogP contribution in [-0.4, -0.2) is 28.5 Å². The summed E-state index contributed by atoms with van der Waals surface area (Å²) in [5.41, 5.74) is 1.53. The zero-order valence-electron chi connectivity index (χ0n) is 15.5. The Morgan fingerprint density at radius 1 is 1.11 bits per heavy atom. The molecule has 3 aromatic rings. The number of carbonyl (C=O) groups excluding carboxylic acids is 2. The van der Waals surface area contributed by atoms with Crippen LogP contribution in [0.3, 0.4) is 0 Å². The molecule has 7 nitrogen and oxygen atoms in total. The van der Waals surface area contributed by atoms with Gasteiger partial charge in [0.15, 0.2) is 0 Å². The molecule has 1 aromatic carbocycles. The number of hydrogen-bond donors (Lipinski definition) is 1. The van der Waals surface area contributed by atoms with Crippen molar-refractivity contribution in [1.29, 1.82) is 0 Å². The topological polar surface area (TPSA) is 90.4 Å². The van der Waals surface area contributed by atoms with Gasteiger partial charge in [0.25, 0.3) is 5.91 Å². The van der Waals surface area contributed by atoms with E-state index in [1.165, 1.54) is 12.4 Å². The third-order valence-electron chi connectivity index (χ3n) is 3.90. The standard InChI is InChI=1S/C21H19N3O4/c1-3-27-21(26)17-7-4-8-18(14(17)2)28-16-9-11-23-19(12-16)24-20(25)15-6-5-10-22-13-15/h4-13H,3H2,1-2H3,(H,23,24,25). The smallest absolute Gasteiger partial charge is 0.338 e. The monoisotopic (exact) mass is 377 g/mol. The Bertz CT molecular complexity index is 990. The average Bonchev–Trinajstić information content (AvgIpc) is 2.70. The highest BCUT2D eigenvalue weighted by molar-refractivity contribution is 6.03. The van der Waals surface area contributed by atoms with Gasteiger partial charge in [0.05, 0.1) is 17.7 Å². The molecule has 0 bridgehead atoms. The summed E-state index contributed by atoms with van der Waals surface area (Å²) in [4.78, 5) is 32.3. The van der Waals surface area contributed by atoms with Gasteiger partial charge in [0.2, 0.25) is 0 Å². The maximum Gasteiger partial charge on any atom is 0.338 e. The molecule has 0 saturated carbocycles. The van der Waals surface area contributed by atoms with Crippen LogP contribution in [0.2, 0.25) is 0 Å². The van der Waals surface area contributed by atoms with Crippen LogP contribution in [0.1, 0.15) is 33.2 Å². The van der Waals surface area contributed by atoms with Crippen LogP contribution in [0.5, 0.6) is 11.5 Å². The second-order valence-corrected chi connectivity index (χ2v) is 5.82. The van der Waals surface area contributed by atoms with Gasteiger partial charge in [-0.25, -0.2) is 9.78 Å². The Hall–Kier alpha value is -3.74. The van der Waals surface area contributed by atoms with Crippen molar-refractivity contribution in [2.75, 3.05) is 11.9 Å². The van der Waals surface area contributed by atoms with E-state index in [1.54, 1.807) is 62.5 Å². The average molecular weight is 377 g/mol. The normalized spacial score (nSPS) is 10.2. The maximum atomic E-state index is 12.2. The molecule has 3 rings (SSSR count). The number of rotatable bonds is 6. The molecule has 0 fully saturated rings. The SMILES string of the molecule is CCOC(=O)c1cccc(Oc2ccnc(NC(=O)c3cccnc3)c2)c1C. The molecule has 0 unspecified atom stereocenters. The summed E-state index contributed by atoms with van der Waals surface area (Å²) in [5.74, 6) is 0.607. The number of esters is 1. The molecule has 0 aliphatic carbocycles. The fourth-order valence-electron chi connectivity index (χ4n) is 2.51. The summed E-state index contributed by atoms with van der Waals surface area (Å²) in [6, 6.07) is 11.8. The Morgan fingerprint density at radius 3 is 2.71 bits per heavy atom. The minimum absolute atomic E-state index is 0.299. The lowest BCUT2D eigenvalue weighted by molar-refractivity contribution is 0.0525. The Labute approximate surface area is 162 Å². The van der Waals surface area contributed by atoms with Crippen molar-refractivity contribution < 1.29 is 19.1 Å². The number of benzene rings is 1. The van der Waals surface area contributed by atoms with E-state index in [1.807, 2.05) is 0 Å². The molecule has 1 N–H and O–H groups in total. The van der Waals surface area contributed by atoms with Crippen molar-refractivity contribution in [3.05, 3.63) is 77.7 Å². The number of nitrogens with one attached hydrogen (secondary N) is 1. The number of amides is 1. The van der Waals surface area contributed by atoms with Crippen LogP contribution in [0.4, 0.5) is 5.82 Å². The van der Waals surface area contributed by atoms with Gasteiger partial charge in [-0.05, 0) is 44.2 Å². The summed E-state index contributed by atoms with van der Waals surface area (Å²) in [6.45, 7) is 3.84. The second kappa shape index (κ2) is 8.77. The van der Waals surface area contributed by atoms with Gasteiger partial charge < -0.3 is 14.8 Å². The molecule has 0 aliphatic rings. The van der Waals surface area contributed by atoms with Gasteiger partial charge in [-0.2, -0.15) is 0 Å². The minimum atomic E-state index is -0.399. The molecular weight excluding hydrogens is 358 g/mol. The third-order valence-corrected chi connectivity index (χ3v) is 3.90. The summed E-state index contributed by atoms with van der Waals surface area (Å²) < 4.78 is 11.0. The molecule has 2 aromatic heterocycles. The van der Waals surface area contributed by atoms with Crippen LogP contribution in [0.25, 0.3) is 0 Å². The van der Waals surface area contributed by atoms with Gasteiger partial charge in [-0.1, -0.05) is 6.07 Å². The zero-order chi connectivity index (χ0) is 19.9. The van der Waals surface area contributed by atoms with E-state index in [0.717, 1.165) is 0 Å². The first-order valence-corrected chi connectivity index (χ1v) is 8.70. The molecule has 0 spiro atoms. The first-order chi connectivity index (χ1) is 13.6. The number of hydrogen-bond acceptors (Lipinski definition) is 6. The van der Waals surface area contributed by atoms with Gasteiger partial charge in [-0.3, -0.25) is 9.78 Å². The number of nitrogens with zero attached hydrogens (tertiary/aromatic N) is 2. The highest BCUT2D eigenvalue weighted by atomic mass is 16.5. The molecule has 1 amide bonds. The van der Waals surface area contributed by atoms with Gasteiger partial charge in [-0.15, -0.1) is 0 Å². The van der Waals surface area contributed by atoms with Crippen LogP contribution in [0, 0.1) is 6.92 Å². The largest absolute Gasteiger partial charge is 0.462 e. The Balaban J connectivity index is 1.77. The minimum Gasteiger partial charge on any atom is -0.462 e. The molecular formula is C21H19N3O4. The summed E-state index contributed by atoms with van der Waals surface area (Å²) in [7, 11) is 0. The molecule has 0 radical (unpaired) electrons. The van der Waals surface area contributed by atoms with Crippen molar-refractivity contribution in [1.82, 2.24) is 9.97 Å². The van der Waals surface area contributed by atoms with E-state index in [0.29, 0.717) is 40.6 Å². The quantitative estimate of drug-likeness (QED) is 0.653. The van der Waals surface area contributed by atoms with Crippen LogP contribution in [-0.2, 0) is 4.74 Å². The first kappa shape index (κ1) is 19.0. The lowest BCUT2D eigenvalue weighted by atomic mass is 10.1. The third kappa shape index (κ3) is 4.50. The molecule has 28 heavy (non-hydrogen) atoms. The van der Waals surface area contributed by atoms with E-state index in [-0.39, 0.29) is 5.91 Å². The number of aromatic nitrogens is 2. The Morgan fingerprint density at radius 2 is 1.96 bits per heavy atom. The number of pyridine rings is 2. The summed E-state index contributed by atoms with van der Waals surface area (Å²) >= 11 is 0. The van der Waals surface area contributed by atoms with E-state index < -0.39 is 5.97 Å². The first-order valence-electron chi connectivity index (χ1n) is 8.70. The number of ether oxygens (including phenoxy) is 2. The zero-order valence-corrected chi connectivity index (χ0v) is 15.5. The van der Waals surface area contributed by atoms with Crippen LogP contribution in [0.15, 0.2) is 61.1 Å². The van der Waals surface area contributed by atoms with Crippen molar-refractivity contribution in [3.63, 3.8) is 0 Å². The predicted octanol–water partition coefficient (Wildman–Crippen LogP) is 4.01. The highest BCUT2D eigenvalue weighted by Crippen LogP contribution is 2.28. The molecule has 0 atom stereocenters. The van der Waals surface area contributed by atoms with Crippen molar-refractivity contribution in [3.8, 4) is 11.5 Å². The molecule has 142 valence electrons. The van der Waals surface area contributed by atoms with Gasteiger partial charge in [0.1, 0.15) is 17.3 Å². The fourth-order valence-corrected chi connectivity index (χ4v) is 2.51. The summed E-state index contributed by atoms with van der Waals surface area (Å²) in [5, 5.41) is 2.70. The molecule has 2 heterocycles. The fraction of sp³-hybridized carbons (Fsp3) is 0.143. The Kier molecular flexibility index (Phi) is 5.96. The maximum absolute atomic E-state index is 12.2. The van der Waals surface area contributed by atoms with E-state index in [4.69, 9.17) is 9.47 Å². The summed E-state index contributed by atoms with van der Waals surface area (Å²) in [6.07, 6.45) is 4.59. The molecule has 7 heteroatoms. The molecule has 0 saturated heterocycles. The van der Waals surface area contributed by atoms with Gasteiger partial charge >= 0.3 is 5.97 Å². The van der Waals surface area contributed by atoms with E-state index >= 15 is 0 Å². The highest BCUT2D eigenvalue weighted by Gasteiger charge is 2.14. The van der Waals surface area contributed by atoms with Gasteiger partial charge in [0, 0.05) is 30.2 Å².